The molecular formula is C15H18N2O4S. The summed E-state index contributed by atoms with van der Waals surface area (Å²) < 4.78 is 0. The predicted octanol–water partition coefficient (Wildman–Crippen LogP) is 1.13. The van der Waals surface area contributed by atoms with Crippen LogP contribution in [0.5, 0.6) is 0 Å². The van der Waals surface area contributed by atoms with Crippen molar-refractivity contribution in [1.29, 1.82) is 0 Å². The van der Waals surface area contributed by atoms with Gasteiger partial charge in [0.1, 0.15) is 5.54 Å². The van der Waals surface area contributed by atoms with E-state index < -0.39 is 17.4 Å². The Balaban J connectivity index is 2.20. The number of benzene rings is 1. The molecule has 1 aliphatic rings. The first-order valence-electron chi connectivity index (χ1n) is 6.94. The van der Waals surface area contributed by atoms with E-state index in [4.69, 9.17) is 0 Å². The molecule has 0 bridgehead atoms. The van der Waals surface area contributed by atoms with Crippen LogP contribution in [-0.2, 0) is 4.79 Å². The van der Waals surface area contributed by atoms with Gasteiger partial charge in [-0.25, -0.2) is 4.79 Å². The number of carboxylic acid groups (broad SMARTS) is 1. The Hall–Kier alpha value is -2.02. The van der Waals surface area contributed by atoms with Gasteiger partial charge in [0.2, 0.25) is 0 Å². The molecule has 1 aromatic rings. The summed E-state index contributed by atoms with van der Waals surface area (Å²) in [7, 11) is 1.51. The summed E-state index contributed by atoms with van der Waals surface area (Å²) >= 11 is 1.68. The first-order chi connectivity index (χ1) is 10.5. The molecule has 7 heteroatoms. The van der Waals surface area contributed by atoms with E-state index in [1.54, 1.807) is 30.0 Å². The third-order valence-electron chi connectivity index (χ3n) is 3.72. The van der Waals surface area contributed by atoms with Gasteiger partial charge in [-0.1, -0.05) is 6.07 Å². The van der Waals surface area contributed by atoms with Gasteiger partial charge in [-0.3, -0.25) is 9.59 Å². The molecule has 0 aromatic heterocycles. The molecule has 1 fully saturated rings. The van der Waals surface area contributed by atoms with Gasteiger partial charge in [-0.2, -0.15) is 11.8 Å². The van der Waals surface area contributed by atoms with E-state index in [1.165, 1.54) is 13.1 Å². The number of hydrogen-bond donors (Lipinski definition) is 3. The van der Waals surface area contributed by atoms with Crippen molar-refractivity contribution < 1.29 is 19.5 Å². The van der Waals surface area contributed by atoms with Crippen molar-refractivity contribution >= 4 is 29.5 Å². The third kappa shape index (κ3) is 3.41. The van der Waals surface area contributed by atoms with Crippen LogP contribution in [0.2, 0.25) is 0 Å². The summed E-state index contributed by atoms with van der Waals surface area (Å²) in [6.07, 6.45) is 0.793. The van der Waals surface area contributed by atoms with Crippen LogP contribution in [-0.4, -0.2) is 47.0 Å². The maximum absolute atomic E-state index is 12.4. The minimum atomic E-state index is -1.22. The molecule has 0 unspecified atom stereocenters. The first-order valence-corrected chi connectivity index (χ1v) is 8.10. The summed E-state index contributed by atoms with van der Waals surface area (Å²) in [5.41, 5.74) is -0.579. The molecule has 0 atom stereocenters. The normalized spacial score (nSPS) is 16.6. The van der Waals surface area contributed by atoms with Gasteiger partial charge in [-0.15, -0.1) is 0 Å². The molecule has 1 aromatic carbocycles. The molecule has 3 N–H and O–H groups in total. The lowest BCUT2D eigenvalue weighted by molar-refractivity contribution is -0.144. The quantitative estimate of drug-likeness (QED) is 0.772. The number of nitrogens with one attached hydrogen (secondary N) is 2. The number of rotatable bonds is 4. The molecular weight excluding hydrogens is 304 g/mol. The number of carboxylic acids is 1. The van der Waals surface area contributed by atoms with Crippen LogP contribution >= 0.6 is 11.8 Å². The van der Waals surface area contributed by atoms with Crippen molar-refractivity contribution in [2.75, 3.05) is 18.6 Å². The molecule has 0 saturated carbocycles. The average molecular weight is 322 g/mol. The number of thioether (sulfide) groups is 1. The first kappa shape index (κ1) is 16.4. The van der Waals surface area contributed by atoms with Gasteiger partial charge in [0.15, 0.2) is 0 Å². The minimum absolute atomic E-state index is 0.278. The molecule has 0 aliphatic carbocycles. The third-order valence-corrected chi connectivity index (χ3v) is 4.71. The zero-order chi connectivity index (χ0) is 16.2. The van der Waals surface area contributed by atoms with Gasteiger partial charge < -0.3 is 15.7 Å². The molecule has 0 spiro atoms. The van der Waals surface area contributed by atoms with Crippen LogP contribution < -0.4 is 10.6 Å². The summed E-state index contributed by atoms with van der Waals surface area (Å²) in [4.78, 5) is 35.6. The SMILES string of the molecule is CNC(=O)c1cccc(C(=O)NC2(C(=O)O)CCSCC2)c1. The number of aliphatic carboxylic acids is 1. The molecule has 1 aliphatic heterocycles. The molecule has 118 valence electrons. The van der Waals surface area contributed by atoms with Gasteiger partial charge in [0, 0.05) is 18.2 Å². The molecule has 1 saturated heterocycles. The highest BCUT2D eigenvalue weighted by molar-refractivity contribution is 7.99. The van der Waals surface area contributed by atoms with Crippen LogP contribution in [0.4, 0.5) is 0 Å². The maximum atomic E-state index is 12.4. The molecule has 0 radical (unpaired) electrons. The lowest BCUT2D eigenvalue weighted by Crippen LogP contribution is -2.56. The zero-order valence-electron chi connectivity index (χ0n) is 12.2. The fourth-order valence-electron chi connectivity index (χ4n) is 2.35. The van der Waals surface area contributed by atoms with E-state index in [-0.39, 0.29) is 11.5 Å². The summed E-state index contributed by atoms with van der Waals surface area (Å²) in [6.45, 7) is 0. The number of carbonyl (C=O) groups is 3. The Bertz CT molecular complexity index is 597. The van der Waals surface area contributed by atoms with Crippen LogP contribution in [0.25, 0.3) is 0 Å². The van der Waals surface area contributed by atoms with E-state index in [0.717, 1.165) is 0 Å². The summed E-state index contributed by atoms with van der Waals surface area (Å²) in [6, 6.07) is 6.22. The Morgan fingerprint density at radius 2 is 1.73 bits per heavy atom. The van der Waals surface area contributed by atoms with Crippen molar-refractivity contribution in [2.24, 2.45) is 0 Å². The van der Waals surface area contributed by atoms with E-state index in [9.17, 15) is 19.5 Å². The summed E-state index contributed by atoms with van der Waals surface area (Å²) in [5, 5.41) is 14.6. The molecule has 22 heavy (non-hydrogen) atoms. The predicted molar refractivity (Wildman–Crippen MR) is 84.2 cm³/mol. The van der Waals surface area contributed by atoms with Gasteiger partial charge in [0.25, 0.3) is 11.8 Å². The van der Waals surface area contributed by atoms with Crippen LogP contribution in [0.15, 0.2) is 24.3 Å². The van der Waals surface area contributed by atoms with Crippen molar-refractivity contribution in [3.63, 3.8) is 0 Å². The smallest absolute Gasteiger partial charge is 0.329 e. The minimum Gasteiger partial charge on any atom is -0.480 e. The van der Waals surface area contributed by atoms with Crippen molar-refractivity contribution in [3.05, 3.63) is 35.4 Å². The lowest BCUT2D eigenvalue weighted by atomic mass is 9.91. The lowest BCUT2D eigenvalue weighted by Gasteiger charge is -2.33. The highest BCUT2D eigenvalue weighted by Crippen LogP contribution is 2.27. The van der Waals surface area contributed by atoms with Crippen LogP contribution in [0, 0.1) is 0 Å². The van der Waals surface area contributed by atoms with E-state index in [2.05, 4.69) is 10.6 Å². The van der Waals surface area contributed by atoms with Crippen molar-refractivity contribution in [1.82, 2.24) is 10.6 Å². The maximum Gasteiger partial charge on any atom is 0.329 e. The van der Waals surface area contributed by atoms with Crippen molar-refractivity contribution in [3.8, 4) is 0 Å². The Morgan fingerprint density at radius 1 is 1.14 bits per heavy atom. The highest BCUT2D eigenvalue weighted by atomic mass is 32.2. The fourth-order valence-corrected chi connectivity index (χ4v) is 3.54. The van der Waals surface area contributed by atoms with Crippen LogP contribution in [0.1, 0.15) is 33.6 Å². The largest absolute Gasteiger partial charge is 0.480 e. The molecule has 1 heterocycles. The average Bonchev–Trinajstić information content (AvgIpc) is 2.55. The van der Waals surface area contributed by atoms with Crippen LogP contribution in [0.3, 0.4) is 0 Å². The molecule has 2 rings (SSSR count). The second-order valence-electron chi connectivity index (χ2n) is 5.11. The number of hydrogen-bond acceptors (Lipinski definition) is 4. The monoisotopic (exact) mass is 322 g/mol. The fraction of sp³-hybridized carbons (Fsp3) is 0.400. The Labute approximate surface area is 132 Å². The van der Waals surface area contributed by atoms with Gasteiger partial charge in [-0.05, 0) is 42.5 Å². The van der Waals surface area contributed by atoms with Gasteiger partial charge in [0.05, 0.1) is 0 Å². The van der Waals surface area contributed by atoms with Crippen molar-refractivity contribution in [2.45, 2.75) is 18.4 Å². The second-order valence-corrected chi connectivity index (χ2v) is 6.34. The second kappa shape index (κ2) is 6.83. The Morgan fingerprint density at radius 3 is 2.27 bits per heavy atom. The molecule has 6 nitrogen and oxygen atoms in total. The zero-order valence-corrected chi connectivity index (χ0v) is 13.0. The van der Waals surface area contributed by atoms with E-state index >= 15 is 0 Å². The highest BCUT2D eigenvalue weighted by Gasteiger charge is 2.41. The number of amides is 2. The standard InChI is InChI=1S/C15H18N2O4S/c1-16-12(18)10-3-2-4-11(9-10)13(19)17-15(14(20)21)5-7-22-8-6-15/h2-4,9H,5-8H2,1H3,(H,16,18)(H,17,19)(H,20,21). The van der Waals surface area contributed by atoms with Gasteiger partial charge >= 0.3 is 5.97 Å². The topological polar surface area (TPSA) is 95.5 Å². The summed E-state index contributed by atoms with van der Waals surface area (Å²) in [5.74, 6) is -0.379. The van der Waals surface area contributed by atoms with E-state index in [1.807, 2.05) is 0 Å². The molecule has 2 amide bonds. The Kier molecular flexibility index (Phi) is 5.07. The number of carbonyl (C=O) groups excluding carboxylic acids is 2. The van der Waals surface area contributed by atoms with E-state index in [0.29, 0.717) is 29.9 Å².